The van der Waals surface area contributed by atoms with E-state index in [2.05, 4.69) is 33.0 Å². The van der Waals surface area contributed by atoms with E-state index in [1.807, 2.05) is 0 Å². The molecule has 0 aliphatic heterocycles. The van der Waals surface area contributed by atoms with Crippen LogP contribution in [0.1, 0.15) is 53.4 Å². The fraction of sp³-hybridized carbons (Fsp3) is 1.00. The maximum absolute atomic E-state index is 3.48. The maximum atomic E-state index is 3.48. The highest BCUT2D eigenvalue weighted by Crippen LogP contribution is 2.16. The van der Waals surface area contributed by atoms with E-state index in [0.29, 0.717) is 5.41 Å². The van der Waals surface area contributed by atoms with Crippen molar-refractivity contribution in [2.45, 2.75) is 53.4 Å². The van der Waals surface area contributed by atoms with E-state index in [9.17, 15) is 0 Å². The molecule has 0 saturated carbocycles. The molecule has 0 aromatic carbocycles. The van der Waals surface area contributed by atoms with Crippen molar-refractivity contribution < 1.29 is 0 Å². The molecule has 74 valence electrons. The van der Waals surface area contributed by atoms with Gasteiger partial charge in [0, 0.05) is 0 Å². The Kier molecular flexibility index (Phi) is 6.45. The van der Waals surface area contributed by atoms with Crippen molar-refractivity contribution >= 4 is 0 Å². The molecule has 0 fully saturated rings. The summed E-state index contributed by atoms with van der Waals surface area (Å²) >= 11 is 0. The first kappa shape index (κ1) is 12.0. The van der Waals surface area contributed by atoms with E-state index in [0.717, 1.165) is 0 Å². The van der Waals surface area contributed by atoms with Gasteiger partial charge in [0.15, 0.2) is 0 Å². The van der Waals surface area contributed by atoms with Crippen LogP contribution in [0.15, 0.2) is 0 Å². The SMILES string of the molecule is CCCCCNCCC(C)(C)C. The highest BCUT2D eigenvalue weighted by Gasteiger charge is 2.08. The lowest BCUT2D eigenvalue weighted by Crippen LogP contribution is -2.21. The molecule has 0 rings (SSSR count). The number of hydrogen-bond donors (Lipinski definition) is 1. The summed E-state index contributed by atoms with van der Waals surface area (Å²) < 4.78 is 0. The monoisotopic (exact) mass is 171 g/mol. The second-order valence-corrected chi connectivity index (χ2v) is 4.77. The summed E-state index contributed by atoms with van der Waals surface area (Å²) in [7, 11) is 0. The highest BCUT2D eigenvalue weighted by molar-refractivity contribution is 4.62. The van der Waals surface area contributed by atoms with Gasteiger partial charge >= 0.3 is 0 Å². The molecule has 1 heteroatoms. The van der Waals surface area contributed by atoms with Crippen LogP contribution in [0.4, 0.5) is 0 Å². The van der Waals surface area contributed by atoms with Crippen LogP contribution in [0.3, 0.4) is 0 Å². The summed E-state index contributed by atoms with van der Waals surface area (Å²) in [6.07, 6.45) is 5.29. The lowest BCUT2D eigenvalue weighted by Gasteiger charge is -2.17. The standard InChI is InChI=1S/C11H25N/c1-5-6-7-9-12-10-8-11(2,3)4/h12H,5-10H2,1-4H3. The first-order chi connectivity index (χ1) is 5.56. The fourth-order valence-electron chi connectivity index (χ4n) is 1.09. The van der Waals surface area contributed by atoms with Crippen LogP contribution in [-0.2, 0) is 0 Å². The molecule has 0 aromatic rings. The first-order valence-corrected chi connectivity index (χ1v) is 5.27. The summed E-state index contributed by atoms with van der Waals surface area (Å²) in [4.78, 5) is 0. The topological polar surface area (TPSA) is 12.0 Å². The Bertz CT molecular complexity index is 91.7. The van der Waals surface area contributed by atoms with Crippen LogP contribution in [0, 0.1) is 5.41 Å². The zero-order valence-corrected chi connectivity index (χ0v) is 9.24. The van der Waals surface area contributed by atoms with Crippen LogP contribution in [0.2, 0.25) is 0 Å². The smallest absolute Gasteiger partial charge is 0.00439 e. The molecule has 0 unspecified atom stereocenters. The van der Waals surface area contributed by atoms with E-state index < -0.39 is 0 Å². The van der Waals surface area contributed by atoms with Crippen LogP contribution in [0.25, 0.3) is 0 Å². The maximum Gasteiger partial charge on any atom is -0.00439 e. The van der Waals surface area contributed by atoms with Gasteiger partial charge in [-0.3, -0.25) is 0 Å². The van der Waals surface area contributed by atoms with Crippen LogP contribution >= 0.6 is 0 Å². The van der Waals surface area contributed by atoms with Crippen molar-refractivity contribution in [1.82, 2.24) is 5.32 Å². The summed E-state index contributed by atoms with van der Waals surface area (Å²) in [5.74, 6) is 0. The average molecular weight is 171 g/mol. The highest BCUT2D eigenvalue weighted by atomic mass is 14.8. The Hall–Kier alpha value is -0.0400. The van der Waals surface area contributed by atoms with Gasteiger partial charge in [-0.25, -0.2) is 0 Å². The molecule has 0 saturated heterocycles. The number of nitrogens with one attached hydrogen (secondary N) is 1. The molecule has 0 spiro atoms. The Morgan fingerprint density at radius 3 is 2.17 bits per heavy atom. The normalized spacial score (nSPS) is 12.0. The third kappa shape index (κ3) is 9.96. The molecule has 0 aliphatic rings. The zero-order valence-electron chi connectivity index (χ0n) is 9.24. The van der Waals surface area contributed by atoms with Gasteiger partial charge in [-0.15, -0.1) is 0 Å². The number of hydrogen-bond acceptors (Lipinski definition) is 1. The van der Waals surface area contributed by atoms with Gasteiger partial charge in [0.2, 0.25) is 0 Å². The largest absolute Gasteiger partial charge is 0.317 e. The minimum atomic E-state index is 0.484. The Balaban J connectivity index is 3.01. The van der Waals surface area contributed by atoms with E-state index in [-0.39, 0.29) is 0 Å². The lowest BCUT2D eigenvalue weighted by atomic mass is 9.92. The lowest BCUT2D eigenvalue weighted by molar-refractivity contribution is 0.366. The summed E-state index contributed by atoms with van der Waals surface area (Å²) in [5, 5.41) is 3.48. The average Bonchev–Trinajstić information content (AvgIpc) is 1.94. The molecule has 0 radical (unpaired) electrons. The Morgan fingerprint density at radius 2 is 1.67 bits per heavy atom. The molecular weight excluding hydrogens is 146 g/mol. The van der Waals surface area contributed by atoms with Crippen molar-refractivity contribution in [3.63, 3.8) is 0 Å². The molecule has 1 nitrogen and oxygen atoms in total. The molecular formula is C11H25N. The van der Waals surface area contributed by atoms with Crippen molar-refractivity contribution in [2.75, 3.05) is 13.1 Å². The summed E-state index contributed by atoms with van der Waals surface area (Å²) in [5.41, 5.74) is 0.484. The van der Waals surface area contributed by atoms with Crippen LogP contribution in [-0.4, -0.2) is 13.1 Å². The zero-order chi connectivity index (χ0) is 9.45. The van der Waals surface area contributed by atoms with Gasteiger partial charge < -0.3 is 5.32 Å². The number of rotatable bonds is 6. The van der Waals surface area contributed by atoms with E-state index >= 15 is 0 Å². The second kappa shape index (κ2) is 6.47. The van der Waals surface area contributed by atoms with Gasteiger partial charge in [-0.2, -0.15) is 0 Å². The molecule has 0 bridgehead atoms. The third-order valence-corrected chi connectivity index (χ3v) is 2.01. The molecule has 1 N–H and O–H groups in total. The van der Waals surface area contributed by atoms with Crippen molar-refractivity contribution in [3.8, 4) is 0 Å². The Morgan fingerprint density at radius 1 is 1.00 bits per heavy atom. The van der Waals surface area contributed by atoms with Crippen molar-refractivity contribution in [2.24, 2.45) is 5.41 Å². The summed E-state index contributed by atoms with van der Waals surface area (Å²) in [6, 6.07) is 0. The quantitative estimate of drug-likeness (QED) is 0.605. The second-order valence-electron chi connectivity index (χ2n) is 4.77. The minimum absolute atomic E-state index is 0.484. The first-order valence-electron chi connectivity index (χ1n) is 5.27. The van der Waals surface area contributed by atoms with E-state index in [4.69, 9.17) is 0 Å². The molecule has 12 heavy (non-hydrogen) atoms. The van der Waals surface area contributed by atoms with Crippen molar-refractivity contribution in [3.05, 3.63) is 0 Å². The molecule has 0 heterocycles. The summed E-state index contributed by atoms with van der Waals surface area (Å²) in [6.45, 7) is 11.5. The van der Waals surface area contributed by atoms with Gasteiger partial charge in [-0.1, -0.05) is 40.5 Å². The molecule has 0 amide bonds. The predicted octanol–water partition coefficient (Wildman–Crippen LogP) is 3.20. The van der Waals surface area contributed by atoms with Gasteiger partial charge in [0.05, 0.1) is 0 Å². The Labute approximate surface area is 77.9 Å². The van der Waals surface area contributed by atoms with Crippen LogP contribution in [0.5, 0.6) is 0 Å². The number of unbranched alkanes of at least 4 members (excludes halogenated alkanes) is 2. The molecule has 0 aromatic heterocycles. The molecule has 0 aliphatic carbocycles. The fourth-order valence-corrected chi connectivity index (χ4v) is 1.09. The van der Waals surface area contributed by atoms with Crippen LogP contribution < -0.4 is 5.32 Å². The van der Waals surface area contributed by atoms with Crippen molar-refractivity contribution in [1.29, 1.82) is 0 Å². The van der Waals surface area contributed by atoms with Gasteiger partial charge in [-0.05, 0) is 31.3 Å². The molecule has 0 atom stereocenters. The third-order valence-electron chi connectivity index (χ3n) is 2.01. The van der Waals surface area contributed by atoms with Gasteiger partial charge in [0.25, 0.3) is 0 Å². The predicted molar refractivity (Wildman–Crippen MR) is 56.5 cm³/mol. The van der Waals surface area contributed by atoms with E-state index in [1.165, 1.54) is 38.8 Å². The van der Waals surface area contributed by atoms with E-state index in [1.54, 1.807) is 0 Å². The minimum Gasteiger partial charge on any atom is -0.317 e. The van der Waals surface area contributed by atoms with Gasteiger partial charge in [0.1, 0.15) is 0 Å².